The molecule has 0 saturated carbocycles. The second-order valence-electron chi connectivity index (χ2n) is 15.4. The van der Waals surface area contributed by atoms with Crippen molar-refractivity contribution in [2.45, 2.75) is 12.3 Å². The van der Waals surface area contributed by atoms with Crippen LogP contribution in [0, 0.1) is 0 Å². The zero-order valence-corrected chi connectivity index (χ0v) is 32.1. The molecule has 2 nitrogen and oxygen atoms in total. The molecule has 0 bridgehead atoms. The van der Waals surface area contributed by atoms with Gasteiger partial charge in [0.05, 0.1) is 0 Å². The lowest BCUT2D eigenvalue weighted by Crippen LogP contribution is -2.22. The van der Waals surface area contributed by atoms with Gasteiger partial charge in [0, 0.05) is 44.4 Å². The molecule has 1 heterocycles. The van der Waals surface area contributed by atoms with Crippen LogP contribution in [0.4, 0.5) is 17.1 Å². The highest BCUT2D eigenvalue weighted by Crippen LogP contribution is 2.54. The summed E-state index contributed by atoms with van der Waals surface area (Å²) in [6.07, 6.45) is 0. The summed E-state index contributed by atoms with van der Waals surface area (Å²) in [5, 5.41) is 2.25. The molecule has 0 unspecified atom stereocenters. The van der Waals surface area contributed by atoms with Gasteiger partial charge in [-0.1, -0.05) is 182 Å². The van der Waals surface area contributed by atoms with Crippen molar-refractivity contribution in [3.63, 3.8) is 0 Å². The van der Waals surface area contributed by atoms with Gasteiger partial charge in [0.1, 0.15) is 11.2 Å². The van der Waals surface area contributed by atoms with Crippen molar-refractivity contribution < 1.29 is 4.42 Å². The van der Waals surface area contributed by atoms with Crippen molar-refractivity contribution in [3.05, 3.63) is 235 Å². The molecule has 58 heavy (non-hydrogen) atoms. The first kappa shape index (κ1) is 33.9. The number of nitrogens with zero attached hydrogens (tertiary/aromatic N) is 1. The molecule has 0 aliphatic heterocycles. The van der Waals surface area contributed by atoms with E-state index in [4.69, 9.17) is 4.42 Å². The summed E-state index contributed by atoms with van der Waals surface area (Å²) in [5.41, 5.74) is 18.0. The Morgan fingerprint density at radius 1 is 0.328 bits per heavy atom. The Labute approximate surface area is 338 Å². The minimum atomic E-state index is -0.368. The molecule has 1 aromatic heterocycles. The lowest BCUT2D eigenvalue weighted by Gasteiger charge is -2.28. The smallest absolute Gasteiger partial charge is 0.143 e. The van der Waals surface area contributed by atoms with Gasteiger partial charge in [0.2, 0.25) is 0 Å². The van der Waals surface area contributed by atoms with Crippen LogP contribution in [-0.4, -0.2) is 0 Å². The maximum atomic E-state index is 7.14. The van der Waals surface area contributed by atoms with Crippen LogP contribution < -0.4 is 4.90 Å². The topological polar surface area (TPSA) is 16.4 Å². The summed E-state index contributed by atoms with van der Waals surface area (Å²) in [6, 6.07) is 78.6. The maximum Gasteiger partial charge on any atom is 0.143 e. The van der Waals surface area contributed by atoms with E-state index < -0.39 is 0 Å². The Morgan fingerprint density at radius 3 is 1.34 bits per heavy atom. The van der Waals surface area contributed by atoms with Crippen LogP contribution >= 0.6 is 0 Å². The Morgan fingerprint density at radius 2 is 0.759 bits per heavy atom. The van der Waals surface area contributed by atoms with Gasteiger partial charge in [-0.2, -0.15) is 0 Å². The minimum Gasteiger partial charge on any atom is -0.455 e. The van der Waals surface area contributed by atoms with Gasteiger partial charge >= 0.3 is 0 Å². The second kappa shape index (κ2) is 13.7. The molecule has 2 heteroatoms. The molecule has 0 radical (unpaired) electrons. The zero-order chi connectivity index (χ0) is 38.6. The lowest BCUT2D eigenvalue weighted by atomic mass is 9.74. The van der Waals surface area contributed by atoms with Crippen molar-refractivity contribution in [1.29, 1.82) is 0 Å². The standard InChI is InChI=1S/C56H39NO/c1-56(51-26-10-8-21-47(51)48-22-9-11-27-52(48)56)53-28-14-25-50-49-24-13-23-46(54(49)58-55(50)53)42-19-12-20-45(37-42)57(43-33-29-40(30-34-43)38-15-4-2-5-16-38)44-35-31-41(32-36-44)39-17-6-3-7-18-39/h2-37H,1H3. The van der Waals surface area contributed by atoms with Gasteiger partial charge in [0.25, 0.3) is 0 Å². The molecule has 274 valence electrons. The van der Waals surface area contributed by atoms with E-state index in [0.717, 1.165) is 50.1 Å². The Kier molecular flexibility index (Phi) is 7.97. The SMILES string of the molecule is CC1(c2cccc3c2oc2c(-c4cccc(N(c5ccc(-c6ccccc6)cc5)c5ccc(-c6ccccc6)cc5)c4)cccc23)c2ccccc2-c2ccccc21. The van der Waals surface area contributed by atoms with Gasteiger partial charge in [-0.15, -0.1) is 0 Å². The molecular formula is C56H39NO. The van der Waals surface area contributed by atoms with Crippen molar-refractivity contribution in [1.82, 2.24) is 0 Å². The van der Waals surface area contributed by atoms with Crippen LogP contribution in [0.5, 0.6) is 0 Å². The van der Waals surface area contributed by atoms with E-state index in [2.05, 4.69) is 230 Å². The van der Waals surface area contributed by atoms with Crippen LogP contribution in [0.25, 0.3) is 66.4 Å². The lowest BCUT2D eigenvalue weighted by molar-refractivity contribution is 0.638. The number of anilines is 3. The largest absolute Gasteiger partial charge is 0.455 e. The van der Waals surface area contributed by atoms with E-state index in [0.29, 0.717) is 0 Å². The van der Waals surface area contributed by atoms with Crippen molar-refractivity contribution in [2.75, 3.05) is 4.90 Å². The predicted octanol–water partition coefficient (Wildman–Crippen LogP) is 15.4. The number of fused-ring (bicyclic) bond motifs is 6. The number of para-hydroxylation sites is 2. The molecule has 0 N–H and O–H groups in total. The van der Waals surface area contributed by atoms with E-state index in [-0.39, 0.29) is 5.41 Å². The third kappa shape index (κ3) is 5.41. The fraction of sp³-hybridized carbons (Fsp3) is 0.0357. The van der Waals surface area contributed by atoms with E-state index in [1.807, 2.05) is 0 Å². The molecule has 10 aromatic rings. The van der Waals surface area contributed by atoms with Crippen molar-refractivity contribution in [2.24, 2.45) is 0 Å². The van der Waals surface area contributed by atoms with E-state index in [9.17, 15) is 0 Å². The van der Waals surface area contributed by atoms with Crippen LogP contribution in [-0.2, 0) is 5.41 Å². The number of hydrogen-bond acceptors (Lipinski definition) is 2. The minimum absolute atomic E-state index is 0.368. The molecule has 0 fully saturated rings. The third-order valence-corrected chi connectivity index (χ3v) is 12.2. The molecule has 0 amide bonds. The Balaban J connectivity index is 1.04. The Bertz CT molecular complexity index is 2980. The highest BCUT2D eigenvalue weighted by molar-refractivity contribution is 6.11. The summed E-state index contributed by atoms with van der Waals surface area (Å²) in [4.78, 5) is 2.35. The van der Waals surface area contributed by atoms with Gasteiger partial charge in [0.15, 0.2) is 0 Å². The average molecular weight is 742 g/mol. The fourth-order valence-corrected chi connectivity index (χ4v) is 9.31. The summed E-state index contributed by atoms with van der Waals surface area (Å²) < 4.78 is 7.14. The summed E-state index contributed by atoms with van der Waals surface area (Å²) in [5.74, 6) is 0. The molecule has 1 aliphatic rings. The molecular weight excluding hydrogens is 703 g/mol. The van der Waals surface area contributed by atoms with Crippen LogP contribution in [0.2, 0.25) is 0 Å². The molecule has 0 atom stereocenters. The maximum absolute atomic E-state index is 7.14. The molecule has 1 aliphatic carbocycles. The normalized spacial score (nSPS) is 12.7. The van der Waals surface area contributed by atoms with Gasteiger partial charge in [-0.25, -0.2) is 0 Å². The zero-order valence-electron chi connectivity index (χ0n) is 32.1. The molecule has 9 aromatic carbocycles. The van der Waals surface area contributed by atoms with Crippen LogP contribution in [0.3, 0.4) is 0 Å². The van der Waals surface area contributed by atoms with E-state index in [1.165, 1.54) is 50.1 Å². The van der Waals surface area contributed by atoms with Gasteiger partial charge < -0.3 is 9.32 Å². The third-order valence-electron chi connectivity index (χ3n) is 12.2. The number of benzene rings is 9. The molecule has 11 rings (SSSR count). The first-order valence-electron chi connectivity index (χ1n) is 20.0. The fourth-order valence-electron chi connectivity index (χ4n) is 9.31. The number of rotatable bonds is 7. The van der Waals surface area contributed by atoms with Crippen LogP contribution in [0.15, 0.2) is 223 Å². The number of hydrogen-bond donors (Lipinski definition) is 0. The summed E-state index contributed by atoms with van der Waals surface area (Å²) in [7, 11) is 0. The first-order chi connectivity index (χ1) is 28.6. The molecule has 0 spiro atoms. The van der Waals surface area contributed by atoms with Crippen molar-refractivity contribution in [3.8, 4) is 44.5 Å². The quantitative estimate of drug-likeness (QED) is 0.162. The molecule has 0 saturated heterocycles. The highest BCUT2D eigenvalue weighted by Gasteiger charge is 2.42. The monoisotopic (exact) mass is 741 g/mol. The predicted molar refractivity (Wildman–Crippen MR) is 242 cm³/mol. The van der Waals surface area contributed by atoms with Crippen molar-refractivity contribution >= 4 is 39.0 Å². The average Bonchev–Trinajstić information content (AvgIpc) is 3.81. The summed E-state index contributed by atoms with van der Waals surface area (Å²) in [6.45, 7) is 2.36. The van der Waals surface area contributed by atoms with Gasteiger partial charge in [-0.3, -0.25) is 0 Å². The summed E-state index contributed by atoms with van der Waals surface area (Å²) >= 11 is 0. The highest BCUT2D eigenvalue weighted by atomic mass is 16.3. The van der Waals surface area contributed by atoms with E-state index >= 15 is 0 Å². The van der Waals surface area contributed by atoms with E-state index in [1.54, 1.807) is 0 Å². The first-order valence-corrected chi connectivity index (χ1v) is 20.0. The number of furan rings is 1. The van der Waals surface area contributed by atoms with Gasteiger partial charge in [-0.05, 0) is 93.4 Å². The Hall–Kier alpha value is -7.42. The van der Waals surface area contributed by atoms with Crippen LogP contribution in [0.1, 0.15) is 23.6 Å². The second-order valence-corrected chi connectivity index (χ2v) is 15.4.